The predicted octanol–water partition coefficient (Wildman–Crippen LogP) is -2.92. The molecule has 0 unspecified atom stereocenters. The number of aromatic nitrogens is 1. The summed E-state index contributed by atoms with van der Waals surface area (Å²) in [5.41, 5.74) is 3.97. The van der Waals surface area contributed by atoms with Crippen LogP contribution in [0.2, 0.25) is 0 Å². The lowest BCUT2D eigenvalue weighted by atomic mass is 10.3. The Morgan fingerprint density at radius 3 is 2.57 bits per heavy atom. The van der Waals surface area contributed by atoms with E-state index in [9.17, 15) is 4.79 Å². The van der Waals surface area contributed by atoms with E-state index in [1.807, 2.05) is 6.92 Å². The molecule has 80 valence electrons. The average Bonchev–Trinajstić information content (AvgIpc) is 2.46. The Hall–Kier alpha value is -1.07. The molecule has 5 nitrogen and oxygen atoms in total. The van der Waals surface area contributed by atoms with Gasteiger partial charge in [-0.3, -0.25) is 0 Å². The maximum atomic E-state index is 11.1. The summed E-state index contributed by atoms with van der Waals surface area (Å²) in [6.07, 6.45) is 0. The van der Waals surface area contributed by atoms with Crippen molar-refractivity contribution in [2.24, 2.45) is 0 Å². The highest BCUT2D eigenvalue weighted by Gasteiger charge is 2.20. The minimum absolute atomic E-state index is 0. The number of carbonyl (C=O) groups excluding carboxylic acids is 1. The third kappa shape index (κ3) is 2.46. The Morgan fingerprint density at radius 1 is 1.64 bits per heavy atom. The van der Waals surface area contributed by atoms with Gasteiger partial charge in [0.2, 0.25) is 0 Å². The molecule has 1 aromatic heterocycles. The molecule has 1 heterocycles. The van der Waals surface area contributed by atoms with E-state index < -0.39 is 5.97 Å². The van der Waals surface area contributed by atoms with Crippen LogP contribution in [0.5, 0.6) is 0 Å². The minimum atomic E-state index is -0.479. The van der Waals surface area contributed by atoms with Crippen molar-refractivity contribution in [3.63, 3.8) is 0 Å². The Balaban J connectivity index is 0.00000169. The number of methoxy groups -OCH3 is 1. The molecule has 0 fully saturated rings. The quantitative estimate of drug-likeness (QED) is 0.542. The first kappa shape index (κ1) is 12.9. The normalized spacial score (nSPS) is 11.7. The van der Waals surface area contributed by atoms with E-state index in [2.05, 4.69) is 15.5 Å². The number of hydrogen-bond acceptors (Lipinski definition) is 4. The van der Waals surface area contributed by atoms with Gasteiger partial charge in [0.1, 0.15) is 5.76 Å². The Labute approximate surface area is 88.0 Å². The molecule has 3 N–H and O–H groups in total. The lowest BCUT2D eigenvalue weighted by molar-refractivity contribution is -0.425. The Bertz CT molecular complexity index is 322. The Morgan fingerprint density at radius 2 is 2.21 bits per heavy atom. The zero-order chi connectivity index (χ0) is 10.0. The van der Waals surface area contributed by atoms with Gasteiger partial charge < -0.3 is 27.3 Å². The molecule has 0 aromatic carbocycles. The number of hydrogen-bond donors (Lipinski definition) is 1. The molecular formula is C8H13ClN2O3. The van der Waals surface area contributed by atoms with Gasteiger partial charge in [-0.2, -0.15) is 0 Å². The number of ether oxygens (including phenoxy) is 1. The molecule has 0 bridgehead atoms. The highest BCUT2D eigenvalue weighted by Crippen LogP contribution is 2.14. The number of nitrogens with zero attached hydrogens (tertiary/aromatic N) is 1. The van der Waals surface area contributed by atoms with E-state index in [1.54, 1.807) is 6.92 Å². The lowest BCUT2D eigenvalue weighted by Gasteiger charge is -1.92. The molecular weight excluding hydrogens is 208 g/mol. The van der Waals surface area contributed by atoms with E-state index in [0.29, 0.717) is 11.7 Å². The lowest BCUT2D eigenvalue weighted by Crippen LogP contribution is -3.00. The summed E-state index contributed by atoms with van der Waals surface area (Å²) in [5.74, 6) is 0.448. The molecule has 1 atom stereocenters. The van der Waals surface area contributed by atoms with Gasteiger partial charge in [0.25, 0.3) is 5.89 Å². The van der Waals surface area contributed by atoms with Crippen LogP contribution in [0.15, 0.2) is 4.42 Å². The first-order chi connectivity index (χ1) is 6.06. The third-order valence-electron chi connectivity index (χ3n) is 1.61. The van der Waals surface area contributed by atoms with Crippen molar-refractivity contribution < 1.29 is 32.1 Å². The third-order valence-corrected chi connectivity index (χ3v) is 1.61. The average molecular weight is 221 g/mol. The number of quaternary nitrogens is 1. The van der Waals surface area contributed by atoms with Crippen LogP contribution in [0.3, 0.4) is 0 Å². The first-order valence-electron chi connectivity index (χ1n) is 3.95. The van der Waals surface area contributed by atoms with Crippen molar-refractivity contribution in [2.45, 2.75) is 19.9 Å². The van der Waals surface area contributed by atoms with Crippen molar-refractivity contribution in [3.05, 3.63) is 17.3 Å². The second kappa shape index (κ2) is 4.97. The highest BCUT2D eigenvalue weighted by atomic mass is 35.5. The molecule has 0 radical (unpaired) electrons. The van der Waals surface area contributed by atoms with E-state index >= 15 is 0 Å². The molecule has 0 spiro atoms. The van der Waals surface area contributed by atoms with E-state index in [4.69, 9.17) is 4.42 Å². The van der Waals surface area contributed by atoms with Crippen LogP contribution in [0, 0.1) is 6.92 Å². The second-order valence-corrected chi connectivity index (χ2v) is 2.85. The summed E-state index contributed by atoms with van der Waals surface area (Å²) in [6.45, 7) is 3.51. The van der Waals surface area contributed by atoms with Crippen LogP contribution in [-0.2, 0) is 4.74 Å². The molecule has 0 aliphatic rings. The topological polar surface area (TPSA) is 80.0 Å². The van der Waals surface area contributed by atoms with Gasteiger partial charge in [-0.1, -0.05) is 0 Å². The molecule has 6 heteroatoms. The van der Waals surface area contributed by atoms with Crippen molar-refractivity contribution >= 4 is 5.97 Å². The van der Waals surface area contributed by atoms with Crippen molar-refractivity contribution in [2.75, 3.05) is 7.11 Å². The van der Waals surface area contributed by atoms with Crippen molar-refractivity contribution in [1.29, 1.82) is 0 Å². The van der Waals surface area contributed by atoms with Gasteiger partial charge in [0, 0.05) is 0 Å². The monoisotopic (exact) mass is 220 g/mol. The summed E-state index contributed by atoms with van der Waals surface area (Å²) < 4.78 is 9.75. The number of rotatable bonds is 2. The molecule has 0 amide bonds. The van der Waals surface area contributed by atoms with Crippen LogP contribution < -0.4 is 18.1 Å². The number of aryl methyl sites for hydroxylation is 1. The second-order valence-electron chi connectivity index (χ2n) is 2.85. The number of carbonyl (C=O) groups is 1. The summed E-state index contributed by atoms with van der Waals surface area (Å²) >= 11 is 0. The number of oxazole rings is 1. The summed E-state index contributed by atoms with van der Waals surface area (Å²) in [4.78, 5) is 15.1. The molecule has 0 aliphatic heterocycles. The van der Waals surface area contributed by atoms with Crippen LogP contribution in [0.25, 0.3) is 0 Å². The van der Waals surface area contributed by atoms with Crippen molar-refractivity contribution in [3.8, 4) is 0 Å². The highest BCUT2D eigenvalue weighted by molar-refractivity contribution is 5.88. The fraction of sp³-hybridized carbons (Fsp3) is 0.500. The van der Waals surface area contributed by atoms with Gasteiger partial charge in [0.05, 0.1) is 7.11 Å². The predicted molar refractivity (Wildman–Crippen MR) is 43.9 cm³/mol. The Kier molecular flexibility index (Phi) is 4.59. The largest absolute Gasteiger partial charge is 1.00 e. The zero-order valence-corrected chi connectivity index (χ0v) is 9.09. The standard InChI is InChI=1S/C8H12N2O3.ClH/c1-4(9)7-10-6(5(2)13-7)8(11)12-3;/h4H,9H2,1-3H3;1H/t4-;/m1./s1. The molecule has 0 saturated carbocycles. The summed E-state index contributed by atoms with van der Waals surface area (Å²) in [6, 6.07) is -0.0721. The van der Waals surface area contributed by atoms with Crippen LogP contribution in [-0.4, -0.2) is 18.1 Å². The molecule has 1 aromatic rings. The van der Waals surface area contributed by atoms with Crippen LogP contribution in [0.4, 0.5) is 0 Å². The van der Waals surface area contributed by atoms with Gasteiger partial charge in [-0.05, 0) is 13.8 Å². The molecule has 14 heavy (non-hydrogen) atoms. The van der Waals surface area contributed by atoms with Crippen molar-refractivity contribution in [1.82, 2.24) is 4.98 Å². The van der Waals surface area contributed by atoms with E-state index in [-0.39, 0.29) is 24.1 Å². The number of esters is 1. The smallest absolute Gasteiger partial charge is 0.360 e. The fourth-order valence-corrected chi connectivity index (χ4v) is 0.914. The molecule has 1 rings (SSSR count). The van der Waals surface area contributed by atoms with Gasteiger partial charge >= 0.3 is 5.97 Å². The summed E-state index contributed by atoms with van der Waals surface area (Å²) in [7, 11) is 1.31. The fourth-order valence-electron chi connectivity index (χ4n) is 0.914. The van der Waals surface area contributed by atoms with Crippen LogP contribution >= 0.6 is 0 Å². The van der Waals surface area contributed by atoms with E-state index in [0.717, 1.165) is 0 Å². The zero-order valence-electron chi connectivity index (χ0n) is 8.33. The van der Waals surface area contributed by atoms with E-state index in [1.165, 1.54) is 7.11 Å². The maximum Gasteiger partial charge on any atom is 0.360 e. The first-order valence-corrected chi connectivity index (χ1v) is 3.95. The minimum Gasteiger partial charge on any atom is -1.00 e. The van der Waals surface area contributed by atoms with Gasteiger partial charge in [0.15, 0.2) is 11.7 Å². The summed E-state index contributed by atoms with van der Waals surface area (Å²) in [5, 5.41) is 0. The van der Waals surface area contributed by atoms with Gasteiger partial charge in [-0.25, -0.2) is 9.78 Å². The number of halogens is 1. The molecule has 0 aliphatic carbocycles. The SMILES string of the molecule is COC(=O)c1nc([C@@H](C)[NH3+])oc1C.[Cl-]. The van der Waals surface area contributed by atoms with Crippen LogP contribution in [0.1, 0.15) is 35.1 Å². The van der Waals surface area contributed by atoms with Gasteiger partial charge in [-0.15, -0.1) is 0 Å². The molecule has 0 saturated heterocycles. The maximum absolute atomic E-state index is 11.1.